The predicted octanol–water partition coefficient (Wildman–Crippen LogP) is 1.20. The molecule has 5 heteroatoms. The Labute approximate surface area is 109 Å². The van der Waals surface area contributed by atoms with E-state index < -0.39 is 0 Å². The Morgan fingerprint density at radius 1 is 1.41 bits per heavy atom. The van der Waals surface area contributed by atoms with Gasteiger partial charge in [-0.25, -0.2) is 0 Å². The number of nitrogens with zero attached hydrogens (tertiary/aromatic N) is 2. The van der Waals surface area contributed by atoms with Crippen molar-refractivity contribution in [3.05, 3.63) is 22.7 Å². The fourth-order valence-corrected chi connectivity index (χ4v) is 2.97. The Bertz CT molecular complexity index is 477. The van der Waals surface area contributed by atoms with Crippen LogP contribution in [0.5, 0.6) is 0 Å². The number of likely N-dealkylation sites (N-methyl/N-ethyl adjacent to an activating group) is 1. The first kappa shape index (κ1) is 11.0. The minimum absolute atomic E-state index is 0.165. The molecule has 17 heavy (non-hydrogen) atoms. The van der Waals surface area contributed by atoms with Crippen molar-refractivity contribution < 1.29 is 4.79 Å². The second-order valence-electron chi connectivity index (χ2n) is 4.56. The summed E-state index contributed by atoms with van der Waals surface area (Å²) >= 11 is 3.48. The van der Waals surface area contributed by atoms with E-state index in [0.717, 1.165) is 28.9 Å². The first-order valence-electron chi connectivity index (χ1n) is 5.70. The number of nitrogens with one attached hydrogen (secondary N) is 1. The number of benzene rings is 1. The summed E-state index contributed by atoms with van der Waals surface area (Å²) in [5.74, 6) is 0.165. The van der Waals surface area contributed by atoms with Crippen LogP contribution in [0.4, 0.5) is 11.4 Å². The van der Waals surface area contributed by atoms with E-state index in [0.29, 0.717) is 6.54 Å². The summed E-state index contributed by atoms with van der Waals surface area (Å²) in [5.41, 5.74) is 2.14. The maximum absolute atomic E-state index is 12.0. The average Bonchev–Trinajstić information content (AvgIpc) is 2.30. The highest BCUT2D eigenvalue weighted by Crippen LogP contribution is 2.37. The number of hydrogen-bond donors (Lipinski definition) is 1. The molecule has 1 fully saturated rings. The van der Waals surface area contributed by atoms with Crippen LogP contribution in [0.15, 0.2) is 22.7 Å². The third kappa shape index (κ3) is 1.73. The van der Waals surface area contributed by atoms with Gasteiger partial charge in [0.1, 0.15) is 0 Å². The quantitative estimate of drug-likeness (QED) is 0.781. The van der Waals surface area contributed by atoms with Crippen molar-refractivity contribution >= 4 is 33.2 Å². The Morgan fingerprint density at radius 2 is 2.24 bits per heavy atom. The molecule has 0 aromatic heterocycles. The van der Waals surface area contributed by atoms with Crippen LogP contribution in [0, 0.1) is 0 Å². The van der Waals surface area contributed by atoms with Crippen molar-refractivity contribution in [1.82, 2.24) is 5.32 Å². The second kappa shape index (κ2) is 3.99. The molecule has 2 heterocycles. The number of carbonyl (C=O) groups excluding carboxylic acids is 1. The second-order valence-corrected chi connectivity index (χ2v) is 5.48. The van der Waals surface area contributed by atoms with Gasteiger partial charge in [-0.05, 0) is 18.2 Å². The number of fused-ring (bicyclic) bond motifs is 3. The molecule has 0 aliphatic carbocycles. The highest BCUT2D eigenvalue weighted by atomic mass is 79.9. The van der Waals surface area contributed by atoms with Gasteiger partial charge >= 0.3 is 0 Å². The molecule has 1 aromatic carbocycles. The lowest BCUT2D eigenvalue weighted by Gasteiger charge is -2.44. The SMILES string of the molecule is CN1CC2CNCC(=O)N2c2ccc(Br)cc21. The van der Waals surface area contributed by atoms with E-state index in [9.17, 15) is 4.79 Å². The van der Waals surface area contributed by atoms with Crippen molar-refractivity contribution in [2.24, 2.45) is 0 Å². The fraction of sp³-hybridized carbons (Fsp3) is 0.417. The van der Waals surface area contributed by atoms with Gasteiger partial charge in [-0.3, -0.25) is 4.79 Å². The molecule has 0 radical (unpaired) electrons. The topological polar surface area (TPSA) is 35.6 Å². The van der Waals surface area contributed by atoms with Gasteiger partial charge < -0.3 is 15.1 Å². The fourth-order valence-electron chi connectivity index (χ4n) is 2.62. The summed E-state index contributed by atoms with van der Waals surface area (Å²) in [5, 5.41) is 3.17. The van der Waals surface area contributed by atoms with Gasteiger partial charge in [0.25, 0.3) is 0 Å². The van der Waals surface area contributed by atoms with E-state index in [4.69, 9.17) is 0 Å². The summed E-state index contributed by atoms with van der Waals surface area (Å²) in [4.78, 5) is 16.2. The van der Waals surface area contributed by atoms with E-state index in [2.05, 4.69) is 39.3 Å². The number of hydrogen-bond acceptors (Lipinski definition) is 3. The van der Waals surface area contributed by atoms with Gasteiger partial charge in [-0.2, -0.15) is 0 Å². The lowest BCUT2D eigenvalue weighted by molar-refractivity contribution is -0.119. The molecule has 2 aliphatic rings. The van der Waals surface area contributed by atoms with Gasteiger partial charge in [-0.1, -0.05) is 15.9 Å². The van der Waals surface area contributed by atoms with Crippen LogP contribution in [-0.4, -0.2) is 38.6 Å². The summed E-state index contributed by atoms with van der Waals surface area (Å²) in [6.45, 7) is 2.18. The minimum atomic E-state index is 0.165. The lowest BCUT2D eigenvalue weighted by atomic mass is 10.1. The van der Waals surface area contributed by atoms with Gasteiger partial charge in [0.2, 0.25) is 5.91 Å². The van der Waals surface area contributed by atoms with E-state index in [1.165, 1.54) is 0 Å². The molecule has 1 saturated heterocycles. The van der Waals surface area contributed by atoms with Crippen LogP contribution < -0.4 is 15.1 Å². The number of anilines is 2. The molecule has 90 valence electrons. The number of rotatable bonds is 0. The minimum Gasteiger partial charge on any atom is -0.371 e. The number of piperazine rings is 1. The van der Waals surface area contributed by atoms with Gasteiger partial charge in [0, 0.05) is 24.6 Å². The summed E-state index contributed by atoms with van der Waals surface area (Å²) in [6, 6.07) is 6.33. The maximum atomic E-state index is 12.0. The average molecular weight is 296 g/mol. The van der Waals surface area contributed by atoms with Crippen LogP contribution in [0.1, 0.15) is 0 Å². The van der Waals surface area contributed by atoms with Gasteiger partial charge in [0.05, 0.1) is 24.0 Å². The zero-order valence-electron chi connectivity index (χ0n) is 9.61. The zero-order chi connectivity index (χ0) is 12.0. The van der Waals surface area contributed by atoms with E-state index in [1.54, 1.807) is 0 Å². The van der Waals surface area contributed by atoms with Crippen molar-refractivity contribution in [2.75, 3.05) is 36.5 Å². The van der Waals surface area contributed by atoms with Crippen LogP contribution in [0.2, 0.25) is 0 Å². The van der Waals surface area contributed by atoms with E-state index >= 15 is 0 Å². The Hall–Kier alpha value is -1.07. The van der Waals surface area contributed by atoms with Gasteiger partial charge in [0.15, 0.2) is 0 Å². The standard InChI is InChI=1S/C12H14BrN3O/c1-15-7-9-5-14-6-12(17)16(9)10-3-2-8(13)4-11(10)15/h2-4,9,14H,5-7H2,1H3. The molecule has 4 nitrogen and oxygen atoms in total. The number of halogens is 1. The molecule has 0 saturated carbocycles. The van der Waals surface area contributed by atoms with Gasteiger partial charge in [-0.15, -0.1) is 0 Å². The maximum Gasteiger partial charge on any atom is 0.241 e. The Balaban J connectivity index is 2.10. The van der Waals surface area contributed by atoms with Crippen LogP contribution in [-0.2, 0) is 4.79 Å². The Kier molecular flexibility index (Phi) is 2.60. The molecule has 1 aromatic rings. The first-order chi connectivity index (χ1) is 8.16. The Morgan fingerprint density at radius 3 is 3.06 bits per heavy atom. The molecule has 0 bridgehead atoms. The van der Waals surface area contributed by atoms with Crippen LogP contribution in [0.25, 0.3) is 0 Å². The normalized spacial score (nSPS) is 23.4. The third-order valence-corrected chi connectivity index (χ3v) is 3.88. The van der Waals surface area contributed by atoms with E-state index in [1.807, 2.05) is 17.0 Å². The lowest BCUT2D eigenvalue weighted by Crippen LogP contribution is -2.61. The third-order valence-electron chi connectivity index (χ3n) is 3.38. The van der Waals surface area contributed by atoms with Crippen molar-refractivity contribution in [3.8, 4) is 0 Å². The van der Waals surface area contributed by atoms with Crippen molar-refractivity contribution in [2.45, 2.75) is 6.04 Å². The highest BCUT2D eigenvalue weighted by Gasteiger charge is 2.35. The summed E-state index contributed by atoms with van der Waals surface area (Å²) in [6.07, 6.45) is 0. The monoisotopic (exact) mass is 295 g/mol. The van der Waals surface area contributed by atoms with E-state index in [-0.39, 0.29) is 11.9 Å². The molecular formula is C12H14BrN3O. The number of carbonyl (C=O) groups is 1. The molecular weight excluding hydrogens is 282 g/mol. The molecule has 0 spiro atoms. The molecule has 2 aliphatic heterocycles. The van der Waals surface area contributed by atoms with Crippen molar-refractivity contribution in [1.29, 1.82) is 0 Å². The molecule has 1 amide bonds. The predicted molar refractivity (Wildman–Crippen MR) is 71.6 cm³/mol. The summed E-state index contributed by atoms with van der Waals surface area (Å²) in [7, 11) is 2.07. The van der Waals surface area contributed by atoms with Crippen LogP contribution >= 0.6 is 15.9 Å². The molecule has 1 unspecified atom stereocenters. The smallest absolute Gasteiger partial charge is 0.241 e. The van der Waals surface area contributed by atoms with Crippen LogP contribution in [0.3, 0.4) is 0 Å². The summed E-state index contributed by atoms with van der Waals surface area (Å²) < 4.78 is 1.05. The molecule has 1 atom stereocenters. The number of amides is 1. The first-order valence-corrected chi connectivity index (χ1v) is 6.49. The highest BCUT2D eigenvalue weighted by molar-refractivity contribution is 9.10. The largest absolute Gasteiger partial charge is 0.371 e. The zero-order valence-corrected chi connectivity index (χ0v) is 11.2. The molecule has 3 rings (SSSR count). The van der Waals surface area contributed by atoms with Crippen molar-refractivity contribution in [3.63, 3.8) is 0 Å². The molecule has 1 N–H and O–H groups in total.